The molecule has 0 aliphatic carbocycles. The Bertz CT molecular complexity index is 1310. The number of aliphatic hydroxyl groups excluding tert-OH is 1. The van der Waals surface area contributed by atoms with Gasteiger partial charge in [0.25, 0.3) is 0 Å². The molecule has 2 saturated heterocycles. The van der Waals surface area contributed by atoms with Crippen LogP contribution >= 0.6 is 11.6 Å². The molecule has 202 valence electrons. The zero-order valence-corrected chi connectivity index (χ0v) is 21.9. The number of piperazine rings is 1. The number of hydrogen-bond donors (Lipinski definition) is 1. The molecule has 38 heavy (non-hydrogen) atoms. The highest BCUT2D eigenvalue weighted by atomic mass is 35.5. The predicted octanol–water partition coefficient (Wildman–Crippen LogP) is 4.80. The van der Waals surface area contributed by atoms with E-state index in [-0.39, 0.29) is 17.4 Å². The van der Waals surface area contributed by atoms with Gasteiger partial charge in [0, 0.05) is 68.5 Å². The van der Waals surface area contributed by atoms with E-state index in [0.29, 0.717) is 48.2 Å². The second-order valence-electron chi connectivity index (χ2n) is 9.85. The molecule has 0 aromatic carbocycles. The maximum absolute atomic E-state index is 13.8. The van der Waals surface area contributed by atoms with Crippen molar-refractivity contribution < 1.29 is 18.3 Å². The summed E-state index contributed by atoms with van der Waals surface area (Å²) in [6.45, 7) is 5.56. The minimum atomic E-state index is -4.58. The van der Waals surface area contributed by atoms with Crippen molar-refractivity contribution in [3.63, 3.8) is 0 Å². The molecule has 1 N–H and O–H groups in total. The third kappa shape index (κ3) is 5.35. The molecule has 5 rings (SSSR count). The van der Waals surface area contributed by atoms with Crippen molar-refractivity contribution in [2.75, 3.05) is 40.9 Å². The van der Waals surface area contributed by atoms with Gasteiger partial charge in [0.15, 0.2) is 0 Å². The first-order chi connectivity index (χ1) is 18.1. The van der Waals surface area contributed by atoms with Gasteiger partial charge in [0.05, 0.1) is 22.9 Å². The standard InChI is InChI=1S/C26H29ClF3N7O/c1-16-4-3-5-37(16)25-33-22(19-9-20(27)13-31-12-19)10-23(34-25)36-7-6-35(14-17(36)2)24-21(26(28,29)30)8-18(15-38)11-32-24/h8-13,16-17,38H,3-7,14-15H2,1-2H3/t16-,17-/m0/s1. The lowest BCUT2D eigenvalue weighted by molar-refractivity contribution is -0.137. The Morgan fingerprint density at radius 1 is 1.00 bits per heavy atom. The number of hydrogen-bond acceptors (Lipinski definition) is 8. The van der Waals surface area contributed by atoms with Crippen LogP contribution in [-0.2, 0) is 12.8 Å². The topological polar surface area (TPSA) is 81.5 Å². The molecule has 0 unspecified atom stereocenters. The number of anilines is 3. The Kier molecular flexibility index (Phi) is 7.32. The summed E-state index contributed by atoms with van der Waals surface area (Å²) in [4.78, 5) is 24.0. The third-order valence-electron chi connectivity index (χ3n) is 7.14. The molecule has 0 amide bonds. The zero-order valence-electron chi connectivity index (χ0n) is 21.2. The number of rotatable bonds is 5. The molecule has 8 nitrogen and oxygen atoms in total. The number of alkyl halides is 3. The van der Waals surface area contributed by atoms with Crippen LogP contribution in [0.2, 0.25) is 5.02 Å². The fourth-order valence-corrected chi connectivity index (χ4v) is 5.34. The quantitative estimate of drug-likeness (QED) is 0.488. The molecule has 3 aromatic heterocycles. The lowest BCUT2D eigenvalue weighted by Gasteiger charge is -2.42. The molecule has 12 heteroatoms. The Balaban J connectivity index is 1.47. The van der Waals surface area contributed by atoms with E-state index in [1.165, 1.54) is 6.20 Å². The van der Waals surface area contributed by atoms with Crippen LogP contribution in [0.1, 0.15) is 37.8 Å². The van der Waals surface area contributed by atoms with Crippen LogP contribution in [-0.4, -0.2) is 63.3 Å². The molecule has 0 radical (unpaired) electrons. The van der Waals surface area contributed by atoms with Crippen LogP contribution in [0.3, 0.4) is 0 Å². The number of halogens is 4. The molecular formula is C26H29ClF3N7O. The first-order valence-electron chi connectivity index (χ1n) is 12.6. The summed E-state index contributed by atoms with van der Waals surface area (Å²) in [6, 6.07) is 4.81. The van der Waals surface area contributed by atoms with Crippen LogP contribution in [0.4, 0.5) is 30.8 Å². The summed E-state index contributed by atoms with van der Waals surface area (Å²) in [5, 5.41) is 9.82. The molecule has 0 bridgehead atoms. The van der Waals surface area contributed by atoms with Crippen molar-refractivity contribution in [3.05, 3.63) is 52.9 Å². The van der Waals surface area contributed by atoms with Crippen LogP contribution in [0.15, 0.2) is 36.8 Å². The van der Waals surface area contributed by atoms with Crippen molar-refractivity contribution in [1.29, 1.82) is 0 Å². The van der Waals surface area contributed by atoms with Crippen molar-refractivity contribution in [2.24, 2.45) is 0 Å². The summed E-state index contributed by atoms with van der Waals surface area (Å²) < 4.78 is 41.5. The second kappa shape index (κ2) is 10.5. The molecule has 0 saturated carbocycles. The van der Waals surface area contributed by atoms with Gasteiger partial charge in [-0.2, -0.15) is 18.2 Å². The molecule has 0 spiro atoms. The van der Waals surface area contributed by atoms with Gasteiger partial charge in [-0.1, -0.05) is 11.6 Å². The Morgan fingerprint density at radius 3 is 2.47 bits per heavy atom. The monoisotopic (exact) mass is 547 g/mol. The van der Waals surface area contributed by atoms with Gasteiger partial charge in [-0.3, -0.25) is 4.98 Å². The molecular weight excluding hydrogens is 519 g/mol. The molecule has 5 heterocycles. The summed E-state index contributed by atoms with van der Waals surface area (Å²) in [6.07, 6.45) is 2.09. The van der Waals surface area contributed by atoms with Crippen LogP contribution in [0.25, 0.3) is 11.3 Å². The molecule has 3 aromatic rings. The average Bonchev–Trinajstić information content (AvgIpc) is 3.33. The summed E-state index contributed by atoms with van der Waals surface area (Å²) >= 11 is 6.20. The van der Waals surface area contributed by atoms with E-state index in [1.807, 2.05) is 13.0 Å². The predicted molar refractivity (Wildman–Crippen MR) is 140 cm³/mol. The fraction of sp³-hybridized carbons (Fsp3) is 0.462. The van der Waals surface area contributed by atoms with E-state index >= 15 is 0 Å². The summed E-state index contributed by atoms with van der Waals surface area (Å²) in [5.74, 6) is 1.20. The van der Waals surface area contributed by atoms with Crippen LogP contribution in [0, 0.1) is 0 Å². The average molecular weight is 548 g/mol. The lowest BCUT2D eigenvalue weighted by atomic mass is 10.1. The van der Waals surface area contributed by atoms with Crippen molar-refractivity contribution in [3.8, 4) is 11.3 Å². The van der Waals surface area contributed by atoms with Crippen molar-refractivity contribution in [2.45, 2.75) is 51.6 Å². The van der Waals surface area contributed by atoms with E-state index in [9.17, 15) is 18.3 Å². The highest BCUT2D eigenvalue weighted by Gasteiger charge is 2.38. The molecule has 2 atom stereocenters. The fourth-order valence-electron chi connectivity index (χ4n) is 5.17. The minimum absolute atomic E-state index is 0.124. The maximum atomic E-state index is 13.8. The van der Waals surface area contributed by atoms with E-state index in [1.54, 1.807) is 23.4 Å². The van der Waals surface area contributed by atoms with Gasteiger partial charge in [-0.15, -0.1) is 0 Å². The van der Waals surface area contributed by atoms with Crippen LogP contribution < -0.4 is 14.7 Å². The van der Waals surface area contributed by atoms with Gasteiger partial charge >= 0.3 is 6.18 Å². The molecule has 2 aliphatic rings. The Hall–Kier alpha value is -3.18. The van der Waals surface area contributed by atoms with Crippen LogP contribution in [0.5, 0.6) is 0 Å². The second-order valence-corrected chi connectivity index (χ2v) is 10.3. The number of aromatic nitrogens is 4. The van der Waals surface area contributed by atoms with E-state index in [4.69, 9.17) is 21.6 Å². The summed E-state index contributed by atoms with van der Waals surface area (Å²) in [5.41, 5.74) is 0.742. The zero-order chi connectivity index (χ0) is 27.0. The van der Waals surface area contributed by atoms with Gasteiger partial charge in [-0.05, 0) is 44.4 Å². The normalized spacial score (nSPS) is 20.3. The highest BCUT2D eigenvalue weighted by Crippen LogP contribution is 2.37. The number of nitrogens with zero attached hydrogens (tertiary/aromatic N) is 7. The Morgan fingerprint density at radius 2 is 1.82 bits per heavy atom. The number of pyridine rings is 2. The van der Waals surface area contributed by atoms with Crippen molar-refractivity contribution in [1.82, 2.24) is 19.9 Å². The Labute approximate surface area is 224 Å². The number of aliphatic hydroxyl groups is 1. The maximum Gasteiger partial charge on any atom is 0.419 e. The van der Waals surface area contributed by atoms with Gasteiger partial charge in [-0.25, -0.2) is 9.97 Å². The lowest BCUT2D eigenvalue weighted by Crippen LogP contribution is -2.53. The minimum Gasteiger partial charge on any atom is -0.392 e. The first-order valence-corrected chi connectivity index (χ1v) is 13.0. The van der Waals surface area contributed by atoms with E-state index in [2.05, 4.69) is 26.7 Å². The first kappa shape index (κ1) is 26.4. The highest BCUT2D eigenvalue weighted by molar-refractivity contribution is 6.30. The summed E-state index contributed by atoms with van der Waals surface area (Å²) in [7, 11) is 0. The SMILES string of the molecule is C[C@H]1CN(c2ncc(CO)cc2C(F)(F)F)CCN1c1cc(-c2cncc(Cl)c2)nc(N2CCC[C@@H]2C)n1. The largest absolute Gasteiger partial charge is 0.419 e. The van der Waals surface area contributed by atoms with E-state index < -0.39 is 18.3 Å². The van der Waals surface area contributed by atoms with Gasteiger partial charge in [0.1, 0.15) is 11.6 Å². The third-order valence-corrected chi connectivity index (χ3v) is 7.35. The van der Waals surface area contributed by atoms with Crippen molar-refractivity contribution >= 4 is 29.2 Å². The van der Waals surface area contributed by atoms with E-state index in [0.717, 1.165) is 31.0 Å². The smallest absolute Gasteiger partial charge is 0.392 e. The molecule has 2 aliphatic heterocycles. The van der Waals surface area contributed by atoms with Gasteiger partial charge < -0.3 is 19.8 Å². The molecule has 2 fully saturated rings. The van der Waals surface area contributed by atoms with Gasteiger partial charge in [0.2, 0.25) is 5.95 Å².